The van der Waals surface area contributed by atoms with Gasteiger partial charge in [-0.05, 0) is 49.0 Å². The summed E-state index contributed by atoms with van der Waals surface area (Å²) in [5.74, 6) is 1.69. The maximum absolute atomic E-state index is 5.86. The Bertz CT molecular complexity index is 417. The van der Waals surface area contributed by atoms with Crippen LogP contribution in [-0.2, 0) is 16.8 Å². The van der Waals surface area contributed by atoms with Crippen molar-refractivity contribution in [3.05, 3.63) is 16.0 Å². The lowest BCUT2D eigenvalue weighted by atomic mass is 10.0. The minimum Gasteiger partial charge on any atom is -0.369 e. The van der Waals surface area contributed by atoms with Crippen molar-refractivity contribution < 1.29 is 4.74 Å². The van der Waals surface area contributed by atoms with Gasteiger partial charge in [-0.3, -0.25) is 0 Å². The molecule has 0 radical (unpaired) electrons. The highest BCUT2D eigenvalue weighted by atomic mass is 79.9. The topological polar surface area (TPSA) is 47.0 Å². The molecule has 5 heteroatoms. The first-order valence-electron chi connectivity index (χ1n) is 7.05. The zero-order chi connectivity index (χ0) is 13.9. The van der Waals surface area contributed by atoms with E-state index in [1.54, 1.807) is 0 Å². The number of ether oxygens (including phenoxy) is 1. The molecule has 0 saturated carbocycles. The smallest absolute Gasteiger partial charge is 0.162 e. The van der Waals surface area contributed by atoms with Crippen LogP contribution in [0.1, 0.15) is 51.6 Å². The van der Waals surface area contributed by atoms with Crippen molar-refractivity contribution in [3.8, 4) is 0 Å². The average molecular weight is 328 g/mol. The molecule has 4 nitrogen and oxygen atoms in total. The molecule has 19 heavy (non-hydrogen) atoms. The van der Waals surface area contributed by atoms with Gasteiger partial charge in [-0.15, -0.1) is 0 Å². The number of aryl methyl sites for hydroxylation is 1. The maximum Gasteiger partial charge on any atom is 0.162 e. The normalized spacial score (nSPS) is 22.7. The van der Waals surface area contributed by atoms with E-state index < -0.39 is 0 Å². The van der Waals surface area contributed by atoms with Crippen LogP contribution in [0.5, 0.6) is 0 Å². The molecule has 2 heterocycles. The fraction of sp³-hybridized carbons (Fsp3) is 0.714. The molecule has 1 aromatic heterocycles. The number of hydrogen-bond donors (Lipinski definition) is 1. The third-order valence-corrected chi connectivity index (χ3v) is 4.28. The minimum atomic E-state index is -0.326. The zero-order valence-electron chi connectivity index (χ0n) is 11.9. The van der Waals surface area contributed by atoms with Crippen LogP contribution in [0.25, 0.3) is 0 Å². The van der Waals surface area contributed by atoms with Crippen LogP contribution in [-0.4, -0.2) is 23.1 Å². The molecule has 1 saturated heterocycles. The van der Waals surface area contributed by atoms with Gasteiger partial charge in [0, 0.05) is 13.2 Å². The van der Waals surface area contributed by atoms with E-state index in [-0.39, 0.29) is 5.60 Å². The molecule has 0 spiro atoms. The number of hydrogen-bond acceptors (Lipinski definition) is 4. The largest absolute Gasteiger partial charge is 0.369 e. The first-order valence-corrected chi connectivity index (χ1v) is 7.84. The van der Waals surface area contributed by atoms with Crippen molar-refractivity contribution in [1.29, 1.82) is 0 Å². The van der Waals surface area contributed by atoms with Crippen LogP contribution in [0.15, 0.2) is 4.47 Å². The van der Waals surface area contributed by atoms with Crippen LogP contribution in [0.3, 0.4) is 0 Å². The first kappa shape index (κ1) is 14.7. The molecule has 1 atom stereocenters. The van der Waals surface area contributed by atoms with Crippen molar-refractivity contribution in [2.75, 3.05) is 18.5 Å². The van der Waals surface area contributed by atoms with Gasteiger partial charge in [0.05, 0.1) is 10.2 Å². The summed E-state index contributed by atoms with van der Waals surface area (Å²) in [6.45, 7) is 7.97. The van der Waals surface area contributed by atoms with Gasteiger partial charge in [-0.1, -0.05) is 13.3 Å². The molecule has 1 aromatic rings. The van der Waals surface area contributed by atoms with Crippen molar-refractivity contribution in [2.45, 2.75) is 52.1 Å². The van der Waals surface area contributed by atoms with Crippen LogP contribution in [0.2, 0.25) is 0 Å². The molecule has 1 aliphatic rings. The molecule has 1 aliphatic heterocycles. The van der Waals surface area contributed by atoms with Gasteiger partial charge >= 0.3 is 0 Å². The molecule has 0 bridgehead atoms. The second kappa shape index (κ2) is 6.18. The van der Waals surface area contributed by atoms with Gasteiger partial charge in [-0.2, -0.15) is 0 Å². The summed E-state index contributed by atoms with van der Waals surface area (Å²) in [6.07, 6.45) is 4.09. The standard InChI is InChI=1S/C14H22BrN3O/c1-4-7-10-11(15)12(16-5-2)18-13(17-10)14(3)8-6-9-19-14/h4-9H2,1-3H3,(H,16,17,18). The third kappa shape index (κ3) is 3.08. The molecule has 2 rings (SSSR count). The summed E-state index contributed by atoms with van der Waals surface area (Å²) in [4.78, 5) is 9.40. The molecule has 106 valence electrons. The van der Waals surface area contributed by atoms with E-state index in [4.69, 9.17) is 9.72 Å². The van der Waals surface area contributed by atoms with Gasteiger partial charge in [0.15, 0.2) is 5.82 Å². The van der Waals surface area contributed by atoms with E-state index in [9.17, 15) is 0 Å². The van der Waals surface area contributed by atoms with E-state index in [1.807, 2.05) is 0 Å². The number of halogens is 1. The molecule has 1 unspecified atom stereocenters. The Morgan fingerprint density at radius 3 is 2.74 bits per heavy atom. The Kier molecular flexibility index (Phi) is 4.79. The van der Waals surface area contributed by atoms with Gasteiger partial charge < -0.3 is 10.1 Å². The van der Waals surface area contributed by atoms with Crippen LogP contribution < -0.4 is 5.32 Å². The summed E-state index contributed by atoms with van der Waals surface area (Å²) in [7, 11) is 0. The Morgan fingerprint density at radius 1 is 1.37 bits per heavy atom. The number of nitrogens with one attached hydrogen (secondary N) is 1. The fourth-order valence-corrected chi connectivity index (χ4v) is 2.89. The van der Waals surface area contributed by atoms with Crippen molar-refractivity contribution in [2.24, 2.45) is 0 Å². The lowest BCUT2D eigenvalue weighted by molar-refractivity contribution is 0.00923. The van der Waals surface area contributed by atoms with Gasteiger partial charge in [0.2, 0.25) is 0 Å². The highest BCUT2D eigenvalue weighted by molar-refractivity contribution is 9.10. The van der Waals surface area contributed by atoms with Crippen molar-refractivity contribution in [1.82, 2.24) is 9.97 Å². The number of nitrogens with zero attached hydrogens (tertiary/aromatic N) is 2. The van der Waals surface area contributed by atoms with E-state index in [0.717, 1.165) is 60.6 Å². The lowest BCUT2D eigenvalue weighted by Crippen LogP contribution is -2.25. The Hall–Kier alpha value is -0.680. The number of anilines is 1. The Balaban J connectivity index is 2.43. The quantitative estimate of drug-likeness (QED) is 0.896. The lowest BCUT2D eigenvalue weighted by Gasteiger charge is -2.23. The minimum absolute atomic E-state index is 0.326. The maximum atomic E-state index is 5.86. The van der Waals surface area contributed by atoms with Crippen molar-refractivity contribution >= 4 is 21.7 Å². The molecule has 0 aromatic carbocycles. The Labute approximate surface area is 123 Å². The molecule has 1 N–H and O–H groups in total. The molecular formula is C14H22BrN3O. The summed E-state index contributed by atoms with van der Waals surface area (Å²) in [5, 5.41) is 3.30. The highest BCUT2D eigenvalue weighted by Crippen LogP contribution is 2.36. The van der Waals surface area contributed by atoms with E-state index in [0.29, 0.717) is 0 Å². The predicted octanol–water partition coefficient (Wildman–Crippen LogP) is 3.65. The van der Waals surface area contributed by atoms with Crippen LogP contribution in [0.4, 0.5) is 5.82 Å². The zero-order valence-corrected chi connectivity index (χ0v) is 13.5. The van der Waals surface area contributed by atoms with Gasteiger partial charge in [0.1, 0.15) is 11.4 Å². The van der Waals surface area contributed by atoms with Crippen LogP contribution in [0, 0.1) is 0 Å². The Morgan fingerprint density at radius 2 is 2.16 bits per heavy atom. The van der Waals surface area contributed by atoms with E-state index >= 15 is 0 Å². The predicted molar refractivity (Wildman–Crippen MR) is 80.4 cm³/mol. The third-order valence-electron chi connectivity index (χ3n) is 3.44. The number of rotatable bonds is 5. The van der Waals surface area contributed by atoms with Gasteiger partial charge in [0.25, 0.3) is 0 Å². The summed E-state index contributed by atoms with van der Waals surface area (Å²) < 4.78 is 6.85. The summed E-state index contributed by atoms with van der Waals surface area (Å²) in [5.41, 5.74) is 0.744. The molecular weight excluding hydrogens is 306 g/mol. The molecule has 0 aliphatic carbocycles. The van der Waals surface area contributed by atoms with E-state index in [1.165, 1.54) is 0 Å². The first-order chi connectivity index (χ1) is 9.10. The highest BCUT2D eigenvalue weighted by Gasteiger charge is 2.35. The monoisotopic (exact) mass is 327 g/mol. The van der Waals surface area contributed by atoms with E-state index in [2.05, 4.69) is 47.0 Å². The molecule has 1 fully saturated rings. The molecule has 0 amide bonds. The number of aromatic nitrogens is 2. The van der Waals surface area contributed by atoms with Gasteiger partial charge in [-0.25, -0.2) is 9.97 Å². The fourth-order valence-electron chi connectivity index (χ4n) is 2.37. The van der Waals surface area contributed by atoms with Crippen LogP contribution >= 0.6 is 15.9 Å². The van der Waals surface area contributed by atoms with Crippen molar-refractivity contribution in [3.63, 3.8) is 0 Å². The second-order valence-electron chi connectivity index (χ2n) is 5.12. The SMILES string of the molecule is CCCc1nc(C2(C)CCCO2)nc(NCC)c1Br. The summed E-state index contributed by atoms with van der Waals surface area (Å²) >= 11 is 3.62. The summed E-state index contributed by atoms with van der Waals surface area (Å²) in [6, 6.07) is 0. The average Bonchev–Trinajstić information content (AvgIpc) is 2.83. The second-order valence-corrected chi connectivity index (χ2v) is 5.91.